The van der Waals surface area contributed by atoms with Crippen LogP contribution in [0.5, 0.6) is 0 Å². The molecule has 0 aliphatic carbocycles. The third-order valence-corrected chi connectivity index (χ3v) is 5.53. The van der Waals surface area contributed by atoms with Gasteiger partial charge >= 0.3 is 0 Å². The summed E-state index contributed by atoms with van der Waals surface area (Å²) < 4.78 is 0. The van der Waals surface area contributed by atoms with E-state index in [2.05, 4.69) is 36.5 Å². The molecule has 0 fully saturated rings. The van der Waals surface area contributed by atoms with Crippen molar-refractivity contribution in [2.24, 2.45) is 5.10 Å². The van der Waals surface area contributed by atoms with Gasteiger partial charge in [0.15, 0.2) is 5.78 Å². The van der Waals surface area contributed by atoms with E-state index in [1.54, 1.807) is 6.92 Å². The van der Waals surface area contributed by atoms with Crippen LogP contribution >= 0.6 is 0 Å². The van der Waals surface area contributed by atoms with Gasteiger partial charge in [0.2, 0.25) is 0 Å². The van der Waals surface area contributed by atoms with Gasteiger partial charge in [-0.1, -0.05) is 66.7 Å². The van der Waals surface area contributed by atoms with Crippen molar-refractivity contribution in [2.75, 3.05) is 17.4 Å². The van der Waals surface area contributed by atoms with Crippen molar-refractivity contribution in [3.05, 3.63) is 95.6 Å². The Kier molecular flexibility index (Phi) is 5.17. The molecule has 1 N–H and O–H groups in total. The van der Waals surface area contributed by atoms with Crippen LogP contribution in [0.3, 0.4) is 0 Å². The molecule has 2 atom stereocenters. The number of rotatable bonds is 5. The molecule has 0 spiro atoms. The zero-order valence-electron chi connectivity index (χ0n) is 17.0. The van der Waals surface area contributed by atoms with E-state index >= 15 is 0 Å². The molecule has 0 saturated heterocycles. The number of benzene rings is 3. The second-order valence-corrected chi connectivity index (χ2v) is 7.34. The molecular weight excluding hydrogens is 358 g/mol. The van der Waals surface area contributed by atoms with Crippen LogP contribution in [0.15, 0.2) is 84.0 Å². The first-order valence-electron chi connectivity index (χ1n) is 9.87. The van der Waals surface area contributed by atoms with E-state index < -0.39 is 0 Å². The number of nitrogens with zero attached hydrogens (tertiary/aromatic N) is 2. The van der Waals surface area contributed by atoms with Crippen molar-refractivity contribution in [3.8, 4) is 0 Å². The maximum absolute atomic E-state index is 12.7. The highest BCUT2D eigenvalue weighted by molar-refractivity contribution is 6.42. The van der Waals surface area contributed by atoms with Crippen LogP contribution in [0.4, 0.5) is 11.4 Å². The number of anilines is 2. The summed E-state index contributed by atoms with van der Waals surface area (Å²) in [6.07, 6.45) is 0. The highest BCUT2D eigenvalue weighted by Crippen LogP contribution is 2.47. The molecule has 4 heteroatoms. The number of aryl methyl sites for hydroxylation is 1. The van der Waals surface area contributed by atoms with Crippen LogP contribution in [-0.2, 0) is 4.79 Å². The van der Waals surface area contributed by atoms with Crippen LogP contribution in [0.1, 0.15) is 35.6 Å². The summed E-state index contributed by atoms with van der Waals surface area (Å²) >= 11 is 0. The number of hydrogen-bond donors (Lipinski definition) is 1. The minimum Gasteiger partial charge on any atom is -0.386 e. The van der Waals surface area contributed by atoms with Gasteiger partial charge < -0.3 is 5.32 Å². The van der Waals surface area contributed by atoms with Gasteiger partial charge in [-0.05, 0) is 35.7 Å². The van der Waals surface area contributed by atoms with Crippen LogP contribution in [0.25, 0.3) is 0 Å². The number of nitrogens with one attached hydrogen (secondary N) is 1. The second kappa shape index (κ2) is 7.92. The van der Waals surface area contributed by atoms with E-state index in [1.807, 2.05) is 66.7 Å². The normalized spacial score (nSPS) is 18.4. The third-order valence-electron chi connectivity index (χ3n) is 5.53. The van der Waals surface area contributed by atoms with Crippen molar-refractivity contribution >= 4 is 22.9 Å². The minimum atomic E-state index is -0.138. The largest absolute Gasteiger partial charge is 0.386 e. The summed E-state index contributed by atoms with van der Waals surface area (Å²) in [5, 5.41) is 10.2. The minimum absolute atomic E-state index is 0.00335. The third kappa shape index (κ3) is 3.42. The van der Waals surface area contributed by atoms with Crippen LogP contribution in [0.2, 0.25) is 0 Å². The van der Waals surface area contributed by atoms with E-state index in [-0.39, 0.29) is 17.7 Å². The van der Waals surface area contributed by atoms with Gasteiger partial charge in [0.1, 0.15) is 5.71 Å². The molecule has 146 valence electrons. The lowest BCUT2D eigenvalue weighted by atomic mass is 9.81. The van der Waals surface area contributed by atoms with Crippen LogP contribution in [-0.4, -0.2) is 18.5 Å². The standard InChI is InChI=1S/C25H25N3O/c1-17-11-7-8-14-20(17)23-24(18(2)29)27-28(22-16-10-9-15-21(22)26-3)25(23)19-12-5-4-6-13-19/h4-16,23,25-26H,1-3H3. The van der Waals surface area contributed by atoms with E-state index in [0.717, 1.165) is 28.1 Å². The molecule has 29 heavy (non-hydrogen) atoms. The van der Waals surface area contributed by atoms with Crippen LogP contribution in [0, 0.1) is 6.92 Å². The highest BCUT2D eigenvalue weighted by atomic mass is 16.1. The Hall–Kier alpha value is -3.40. The summed E-state index contributed by atoms with van der Waals surface area (Å²) in [5.74, 6) is -0.135. The topological polar surface area (TPSA) is 44.7 Å². The Morgan fingerprint density at radius 3 is 2.28 bits per heavy atom. The first kappa shape index (κ1) is 18.9. The maximum atomic E-state index is 12.7. The van der Waals surface area contributed by atoms with Gasteiger partial charge in [-0.25, -0.2) is 0 Å². The first-order chi connectivity index (χ1) is 14.1. The molecule has 2 unspecified atom stereocenters. The molecule has 3 aromatic carbocycles. The second-order valence-electron chi connectivity index (χ2n) is 7.34. The molecule has 3 aromatic rings. The molecular formula is C25H25N3O. The fourth-order valence-corrected chi connectivity index (χ4v) is 4.15. The number of hydrazone groups is 1. The summed E-state index contributed by atoms with van der Waals surface area (Å²) in [6, 6.07) is 26.6. The van der Waals surface area contributed by atoms with Crippen molar-refractivity contribution in [1.29, 1.82) is 0 Å². The fraction of sp³-hybridized carbons (Fsp3) is 0.200. The zero-order chi connectivity index (χ0) is 20.4. The summed E-state index contributed by atoms with van der Waals surface area (Å²) in [6.45, 7) is 3.71. The van der Waals surface area contributed by atoms with Gasteiger partial charge in [-0.2, -0.15) is 5.10 Å². The molecule has 0 amide bonds. The van der Waals surface area contributed by atoms with Crippen molar-refractivity contribution in [1.82, 2.24) is 0 Å². The predicted octanol–water partition coefficient (Wildman–Crippen LogP) is 5.33. The van der Waals surface area contributed by atoms with Crippen molar-refractivity contribution < 1.29 is 4.79 Å². The Morgan fingerprint density at radius 1 is 0.931 bits per heavy atom. The summed E-state index contributed by atoms with van der Waals surface area (Å²) in [5.41, 5.74) is 5.96. The molecule has 4 nitrogen and oxygen atoms in total. The quantitative estimate of drug-likeness (QED) is 0.648. The number of carbonyl (C=O) groups excluding carboxylic acids is 1. The Balaban J connectivity index is 1.95. The number of hydrogen-bond acceptors (Lipinski definition) is 4. The fourth-order valence-electron chi connectivity index (χ4n) is 4.15. The summed E-state index contributed by atoms with van der Waals surface area (Å²) in [7, 11) is 1.90. The Labute approximate surface area is 171 Å². The number of para-hydroxylation sites is 2. The average Bonchev–Trinajstić information content (AvgIpc) is 3.15. The zero-order valence-corrected chi connectivity index (χ0v) is 17.0. The molecule has 1 heterocycles. The molecule has 1 aliphatic rings. The molecule has 0 saturated carbocycles. The Morgan fingerprint density at radius 2 is 1.59 bits per heavy atom. The average molecular weight is 383 g/mol. The van der Waals surface area contributed by atoms with E-state index in [4.69, 9.17) is 5.10 Å². The number of ketones is 1. The monoisotopic (exact) mass is 383 g/mol. The van der Waals surface area contributed by atoms with E-state index in [1.165, 1.54) is 0 Å². The Bertz CT molecular complexity index is 1060. The molecule has 0 bridgehead atoms. The molecule has 1 aliphatic heterocycles. The van der Waals surface area contributed by atoms with E-state index in [0.29, 0.717) is 5.71 Å². The predicted molar refractivity (Wildman–Crippen MR) is 120 cm³/mol. The van der Waals surface area contributed by atoms with Gasteiger partial charge in [-0.3, -0.25) is 9.80 Å². The van der Waals surface area contributed by atoms with Gasteiger partial charge in [0, 0.05) is 14.0 Å². The molecule has 0 radical (unpaired) electrons. The van der Waals surface area contributed by atoms with Crippen molar-refractivity contribution in [3.63, 3.8) is 0 Å². The maximum Gasteiger partial charge on any atom is 0.176 e. The first-order valence-corrected chi connectivity index (χ1v) is 9.87. The van der Waals surface area contributed by atoms with Crippen LogP contribution < -0.4 is 10.3 Å². The van der Waals surface area contributed by atoms with Crippen molar-refractivity contribution in [2.45, 2.75) is 25.8 Å². The lowest BCUT2D eigenvalue weighted by Crippen LogP contribution is -2.26. The summed E-state index contributed by atoms with van der Waals surface area (Å²) in [4.78, 5) is 12.7. The van der Waals surface area contributed by atoms with Gasteiger partial charge in [0.25, 0.3) is 0 Å². The van der Waals surface area contributed by atoms with Gasteiger partial charge in [0.05, 0.1) is 23.3 Å². The van der Waals surface area contributed by atoms with Gasteiger partial charge in [-0.15, -0.1) is 0 Å². The molecule has 4 rings (SSSR count). The SMILES string of the molecule is CNc1ccccc1N1N=C(C(C)=O)C(c2ccccc2C)C1c1ccccc1. The number of carbonyl (C=O) groups is 1. The molecule has 0 aromatic heterocycles. The lowest BCUT2D eigenvalue weighted by molar-refractivity contribution is -0.111. The lowest BCUT2D eigenvalue weighted by Gasteiger charge is -2.30. The highest BCUT2D eigenvalue weighted by Gasteiger charge is 2.42. The smallest absolute Gasteiger partial charge is 0.176 e. The van der Waals surface area contributed by atoms with E-state index in [9.17, 15) is 4.79 Å². The number of Topliss-reactive ketones (excluding diaryl/α,β-unsaturated/α-hetero) is 1.